The van der Waals surface area contributed by atoms with Gasteiger partial charge in [0, 0.05) is 6.20 Å². The lowest BCUT2D eigenvalue weighted by Gasteiger charge is -2.08. The molecule has 0 spiro atoms. The molecule has 2 heterocycles. The predicted molar refractivity (Wildman–Crippen MR) is 61.5 cm³/mol. The Bertz CT molecular complexity index is 614. The number of nitriles is 1. The summed E-state index contributed by atoms with van der Waals surface area (Å²) in [5.41, 5.74) is -0.204. The van der Waals surface area contributed by atoms with Crippen molar-refractivity contribution < 1.29 is 13.2 Å². The van der Waals surface area contributed by atoms with Gasteiger partial charge in [0.05, 0.1) is 23.5 Å². The summed E-state index contributed by atoms with van der Waals surface area (Å²) in [6.07, 6.45) is -1.97. The normalized spacial score (nSPS) is 10.8. The maximum absolute atomic E-state index is 12.3. The fraction of sp³-hybridized carbons (Fsp3) is 0.0833. The van der Waals surface area contributed by atoms with E-state index in [1.807, 2.05) is 6.07 Å². The molecule has 4 nitrogen and oxygen atoms in total. The van der Waals surface area contributed by atoms with Crippen molar-refractivity contribution in [3.8, 4) is 6.07 Å². The van der Waals surface area contributed by atoms with Gasteiger partial charge >= 0.3 is 6.18 Å². The van der Waals surface area contributed by atoms with E-state index in [9.17, 15) is 13.2 Å². The third-order valence-electron chi connectivity index (χ3n) is 2.22. The van der Waals surface area contributed by atoms with Gasteiger partial charge < -0.3 is 5.32 Å². The molecule has 19 heavy (non-hydrogen) atoms. The highest BCUT2D eigenvalue weighted by Crippen LogP contribution is 2.28. The van der Waals surface area contributed by atoms with E-state index in [1.54, 1.807) is 0 Å². The van der Waals surface area contributed by atoms with E-state index in [4.69, 9.17) is 5.26 Å². The largest absolute Gasteiger partial charge is 0.433 e. The first-order valence-corrected chi connectivity index (χ1v) is 5.15. The molecule has 0 aliphatic rings. The SMILES string of the molecule is N#Cc1ccnc(Nc2ccc(C(F)(F)F)nc2)c1. The number of anilines is 2. The second-order valence-electron chi connectivity index (χ2n) is 3.60. The highest BCUT2D eigenvalue weighted by molar-refractivity contribution is 5.56. The Hall–Kier alpha value is -2.62. The average molecular weight is 264 g/mol. The van der Waals surface area contributed by atoms with Crippen molar-refractivity contribution >= 4 is 11.5 Å². The van der Waals surface area contributed by atoms with Gasteiger partial charge in [-0.1, -0.05) is 0 Å². The fourth-order valence-corrected chi connectivity index (χ4v) is 1.35. The Labute approximate surface area is 106 Å². The fourth-order valence-electron chi connectivity index (χ4n) is 1.35. The number of pyridine rings is 2. The molecule has 0 bridgehead atoms. The molecule has 0 saturated carbocycles. The van der Waals surface area contributed by atoms with Crippen LogP contribution in [0.5, 0.6) is 0 Å². The van der Waals surface area contributed by atoms with Gasteiger partial charge in [-0.05, 0) is 24.3 Å². The molecule has 2 rings (SSSR count). The molecule has 0 aromatic carbocycles. The molecule has 0 radical (unpaired) electrons. The van der Waals surface area contributed by atoms with E-state index in [2.05, 4.69) is 15.3 Å². The standard InChI is InChI=1S/C12H7F3N4/c13-12(14,15)10-2-1-9(7-18-10)19-11-5-8(6-16)3-4-17-11/h1-5,7H,(H,17,19). The zero-order chi connectivity index (χ0) is 13.9. The van der Waals surface area contributed by atoms with Crippen molar-refractivity contribution in [2.75, 3.05) is 5.32 Å². The molecular weight excluding hydrogens is 257 g/mol. The lowest BCUT2D eigenvalue weighted by atomic mass is 10.3. The van der Waals surface area contributed by atoms with E-state index in [0.29, 0.717) is 17.1 Å². The molecule has 0 fully saturated rings. The van der Waals surface area contributed by atoms with Crippen molar-refractivity contribution in [1.82, 2.24) is 9.97 Å². The quantitative estimate of drug-likeness (QED) is 0.905. The van der Waals surface area contributed by atoms with E-state index in [1.165, 1.54) is 24.4 Å². The number of nitrogens with zero attached hydrogens (tertiary/aromatic N) is 3. The first kappa shape index (κ1) is 12.8. The van der Waals surface area contributed by atoms with Crippen molar-refractivity contribution in [3.63, 3.8) is 0 Å². The van der Waals surface area contributed by atoms with Crippen LogP contribution in [-0.4, -0.2) is 9.97 Å². The molecule has 0 aliphatic heterocycles. The second-order valence-corrected chi connectivity index (χ2v) is 3.60. The van der Waals surface area contributed by atoms with Gasteiger partial charge in [0.15, 0.2) is 0 Å². The van der Waals surface area contributed by atoms with Crippen molar-refractivity contribution in [1.29, 1.82) is 5.26 Å². The van der Waals surface area contributed by atoms with Crippen LogP contribution in [0.25, 0.3) is 0 Å². The first-order valence-electron chi connectivity index (χ1n) is 5.15. The minimum Gasteiger partial charge on any atom is -0.339 e. The van der Waals surface area contributed by atoms with Crippen molar-refractivity contribution in [2.45, 2.75) is 6.18 Å². The summed E-state index contributed by atoms with van der Waals surface area (Å²) in [5.74, 6) is 0.362. The van der Waals surface area contributed by atoms with Gasteiger partial charge in [0.1, 0.15) is 11.5 Å². The number of hydrogen-bond acceptors (Lipinski definition) is 4. The molecule has 0 amide bonds. The lowest BCUT2D eigenvalue weighted by Crippen LogP contribution is -2.07. The molecule has 0 unspecified atom stereocenters. The van der Waals surface area contributed by atoms with Crippen LogP contribution in [0, 0.1) is 11.3 Å². The highest BCUT2D eigenvalue weighted by atomic mass is 19.4. The minimum absolute atomic E-state index is 0.357. The predicted octanol–water partition coefficient (Wildman–Crippen LogP) is 3.11. The maximum atomic E-state index is 12.3. The van der Waals surface area contributed by atoms with Crippen LogP contribution in [-0.2, 0) is 6.18 Å². The van der Waals surface area contributed by atoms with Crippen LogP contribution in [0.3, 0.4) is 0 Å². The molecule has 96 valence electrons. The summed E-state index contributed by atoms with van der Waals surface area (Å²) in [6, 6.07) is 7.06. The molecule has 0 aliphatic carbocycles. The van der Waals surface area contributed by atoms with Crippen LogP contribution in [0.2, 0.25) is 0 Å². The van der Waals surface area contributed by atoms with Crippen molar-refractivity contribution in [3.05, 3.63) is 47.9 Å². The summed E-state index contributed by atoms with van der Waals surface area (Å²) < 4.78 is 36.9. The van der Waals surface area contributed by atoms with Gasteiger partial charge in [-0.25, -0.2) is 9.97 Å². The van der Waals surface area contributed by atoms with Crippen LogP contribution in [0.15, 0.2) is 36.7 Å². The number of alkyl halides is 3. The van der Waals surface area contributed by atoms with Gasteiger partial charge in [-0.15, -0.1) is 0 Å². The number of halogens is 3. The van der Waals surface area contributed by atoms with Crippen LogP contribution in [0.1, 0.15) is 11.3 Å². The highest BCUT2D eigenvalue weighted by Gasteiger charge is 2.31. The third kappa shape index (κ3) is 3.19. The zero-order valence-electron chi connectivity index (χ0n) is 9.44. The van der Waals surface area contributed by atoms with E-state index >= 15 is 0 Å². The molecule has 7 heteroatoms. The zero-order valence-corrected chi connectivity index (χ0v) is 9.44. The Morgan fingerprint density at radius 3 is 2.53 bits per heavy atom. The van der Waals surface area contributed by atoms with Gasteiger partial charge in [0.2, 0.25) is 0 Å². The molecule has 0 atom stereocenters. The Kier molecular flexibility index (Phi) is 3.33. The van der Waals surface area contributed by atoms with Crippen molar-refractivity contribution in [2.24, 2.45) is 0 Å². The third-order valence-corrected chi connectivity index (χ3v) is 2.22. The number of rotatable bonds is 2. The lowest BCUT2D eigenvalue weighted by molar-refractivity contribution is -0.141. The van der Waals surface area contributed by atoms with Crippen LogP contribution in [0.4, 0.5) is 24.7 Å². The first-order chi connectivity index (χ1) is 8.99. The molecule has 1 N–H and O–H groups in total. The smallest absolute Gasteiger partial charge is 0.339 e. The summed E-state index contributed by atoms with van der Waals surface area (Å²) >= 11 is 0. The summed E-state index contributed by atoms with van der Waals surface area (Å²) in [6.45, 7) is 0. The van der Waals surface area contributed by atoms with E-state index < -0.39 is 11.9 Å². The molecular formula is C12H7F3N4. The monoisotopic (exact) mass is 264 g/mol. The summed E-state index contributed by atoms with van der Waals surface area (Å²) in [5, 5.41) is 11.5. The van der Waals surface area contributed by atoms with Crippen LogP contribution >= 0.6 is 0 Å². The molecule has 2 aromatic rings. The van der Waals surface area contributed by atoms with Gasteiger partial charge in [0.25, 0.3) is 0 Å². The van der Waals surface area contributed by atoms with Crippen LogP contribution < -0.4 is 5.32 Å². The number of hydrogen-bond donors (Lipinski definition) is 1. The Morgan fingerprint density at radius 2 is 1.95 bits per heavy atom. The molecule has 0 saturated heterocycles. The van der Waals surface area contributed by atoms with E-state index in [-0.39, 0.29) is 0 Å². The minimum atomic E-state index is -4.46. The number of nitrogens with one attached hydrogen (secondary N) is 1. The second kappa shape index (κ2) is 4.94. The Morgan fingerprint density at radius 1 is 1.16 bits per heavy atom. The van der Waals surface area contributed by atoms with Gasteiger partial charge in [-0.2, -0.15) is 18.4 Å². The van der Waals surface area contributed by atoms with Gasteiger partial charge in [-0.3, -0.25) is 0 Å². The number of aromatic nitrogens is 2. The summed E-state index contributed by atoms with van der Waals surface area (Å²) in [4.78, 5) is 7.25. The average Bonchev–Trinajstić information content (AvgIpc) is 2.38. The topological polar surface area (TPSA) is 61.6 Å². The Balaban J connectivity index is 2.18. The molecule has 2 aromatic heterocycles. The maximum Gasteiger partial charge on any atom is 0.433 e. The van der Waals surface area contributed by atoms with E-state index in [0.717, 1.165) is 12.3 Å². The summed E-state index contributed by atoms with van der Waals surface area (Å²) in [7, 11) is 0.